The molecule has 1 rings (SSSR count). The highest BCUT2D eigenvalue weighted by molar-refractivity contribution is 5.89. The lowest BCUT2D eigenvalue weighted by Gasteiger charge is -2.07. The summed E-state index contributed by atoms with van der Waals surface area (Å²) < 4.78 is 10.2. The maximum atomic E-state index is 11.2. The van der Waals surface area contributed by atoms with Gasteiger partial charge >= 0.3 is 5.97 Å². The molecular weight excluding hydrogens is 216 g/mol. The summed E-state index contributed by atoms with van der Waals surface area (Å²) in [6.45, 7) is 5.72. The quantitative estimate of drug-likeness (QED) is 0.562. The van der Waals surface area contributed by atoms with Crippen molar-refractivity contribution in [1.82, 2.24) is 0 Å². The van der Waals surface area contributed by atoms with Crippen LogP contribution in [-0.2, 0) is 16.1 Å². The van der Waals surface area contributed by atoms with Gasteiger partial charge in [0.1, 0.15) is 0 Å². The molecule has 0 amide bonds. The van der Waals surface area contributed by atoms with Gasteiger partial charge in [-0.15, -0.1) is 0 Å². The highest BCUT2D eigenvalue weighted by Crippen LogP contribution is 2.08. The summed E-state index contributed by atoms with van der Waals surface area (Å²) in [5.41, 5.74) is 1.64. The van der Waals surface area contributed by atoms with Crippen molar-refractivity contribution in [2.45, 2.75) is 26.9 Å². The third kappa shape index (κ3) is 5.00. The molecule has 1 aromatic rings. The Hall–Kier alpha value is -1.35. The zero-order valence-electron chi connectivity index (χ0n) is 10.7. The van der Waals surface area contributed by atoms with Crippen LogP contribution in [0.15, 0.2) is 24.3 Å². The summed E-state index contributed by atoms with van der Waals surface area (Å²) >= 11 is 0. The molecule has 0 saturated carbocycles. The summed E-state index contributed by atoms with van der Waals surface area (Å²) in [6.07, 6.45) is 1.07. The van der Waals surface area contributed by atoms with Crippen molar-refractivity contribution in [2.24, 2.45) is 5.92 Å². The number of hydrogen-bond donors (Lipinski definition) is 0. The number of carbonyl (C=O) groups is 1. The molecule has 3 nitrogen and oxygen atoms in total. The first-order valence-electron chi connectivity index (χ1n) is 5.88. The van der Waals surface area contributed by atoms with E-state index in [1.54, 1.807) is 12.1 Å². The van der Waals surface area contributed by atoms with Gasteiger partial charge in [0.15, 0.2) is 0 Å². The number of carbonyl (C=O) groups excluding carboxylic acids is 1. The third-order valence-corrected chi connectivity index (χ3v) is 2.48. The topological polar surface area (TPSA) is 35.5 Å². The van der Waals surface area contributed by atoms with Gasteiger partial charge in [-0.05, 0) is 30.0 Å². The molecule has 0 unspecified atom stereocenters. The Morgan fingerprint density at radius 2 is 1.88 bits per heavy atom. The fourth-order valence-electron chi connectivity index (χ4n) is 1.36. The predicted octanol–water partition coefficient (Wildman–Crippen LogP) is 3.04. The molecule has 3 heteroatoms. The van der Waals surface area contributed by atoms with Crippen molar-refractivity contribution in [1.29, 1.82) is 0 Å². The Balaban J connectivity index is 2.38. The van der Waals surface area contributed by atoms with Gasteiger partial charge in [-0.1, -0.05) is 26.0 Å². The molecule has 0 bridgehead atoms. The van der Waals surface area contributed by atoms with Crippen molar-refractivity contribution in [3.8, 4) is 0 Å². The molecule has 0 atom stereocenters. The van der Waals surface area contributed by atoms with Gasteiger partial charge in [0.05, 0.1) is 19.3 Å². The minimum Gasteiger partial charge on any atom is -0.465 e. The van der Waals surface area contributed by atoms with Crippen molar-refractivity contribution in [3.05, 3.63) is 35.4 Å². The lowest BCUT2D eigenvalue weighted by molar-refractivity contribution is 0.0600. The molecule has 0 N–H and O–H groups in total. The molecule has 0 fully saturated rings. The van der Waals surface area contributed by atoms with Gasteiger partial charge in [0.2, 0.25) is 0 Å². The lowest BCUT2D eigenvalue weighted by Crippen LogP contribution is -2.02. The minimum atomic E-state index is -0.308. The number of benzene rings is 1. The molecular formula is C14H20O3. The van der Waals surface area contributed by atoms with E-state index in [-0.39, 0.29) is 5.97 Å². The summed E-state index contributed by atoms with van der Waals surface area (Å²) in [4.78, 5) is 11.2. The van der Waals surface area contributed by atoms with E-state index in [1.165, 1.54) is 7.11 Å². The Kier molecular flexibility index (Phi) is 5.70. The number of methoxy groups -OCH3 is 1. The van der Waals surface area contributed by atoms with Crippen LogP contribution in [0.5, 0.6) is 0 Å². The van der Waals surface area contributed by atoms with Crippen molar-refractivity contribution in [3.63, 3.8) is 0 Å². The number of ether oxygens (including phenoxy) is 2. The summed E-state index contributed by atoms with van der Waals surface area (Å²) in [5.74, 6) is 0.356. The van der Waals surface area contributed by atoms with Crippen LogP contribution in [0.3, 0.4) is 0 Å². The summed E-state index contributed by atoms with van der Waals surface area (Å²) in [7, 11) is 1.38. The molecule has 94 valence electrons. The Labute approximate surface area is 103 Å². The van der Waals surface area contributed by atoms with Crippen molar-refractivity contribution >= 4 is 5.97 Å². The van der Waals surface area contributed by atoms with Gasteiger partial charge < -0.3 is 9.47 Å². The Morgan fingerprint density at radius 3 is 2.41 bits per heavy atom. The molecule has 0 saturated heterocycles. The van der Waals surface area contributed by atoms with E-state index in [0.29, 0.717) is 18.1 Å². The highest BCUT2D eigenvalue weighted by Gasteiger charge is 2.04. The highest BCUT2D eigenvalue weighted by atomic mass is 16.5. The minimum absolute atomic E-state index is 0.308. The zero-order valence-corrected chi connectivity index (χ0v) is 10.7. The molecule has 0 aliphatic rings. The first-order valence-corrected chi connectivity index (χ1v) is 5.88. The largest absolute Gasteiger partial charge is 0.465 e. The summed E-state index contributed by atoms with van der Waals surface area (Å²) in [6, 6.07) is 7.29. The fraction of sp³-hybridized carbons (Fsp3) is 0.500. The van der Waals surface area contributed by atoms with E-state index in [1.807, 2.05) is 12.1 Å². The maximum absolute atomic E-state index is 11.2. The predicted molar refractivity (Wildman–Crippen MR) is 66.9 cm³/mol. The second kappa shape index (κ2) is 7.07. The van der Waals surface area contributed by atoms with Crippen LogP contribution in [0.2, 0.25) is 0 Å². The molecule has 1 aromatic carbocycles. The van der Waals surface area contributed by atoms with Crippen molar-refractivity contribution in [2.75, 3.05) is 13.7 Å². The van der Waals surface area contributed by atoms with Crippen LogP contribution >= 0.6 is 0 Å². The summed E-state index contributed by atoms with van der Waals surface area (Å²) in [5, 5.41) is 0. The van der Waals surface area contributed by atoms with E-state index >= 15 is 0 Å². The van der Waals surface area contributed by atoms with Crippen LogP contribution in [0.4, 0.5) is 0 Å². The number of rotatable bonds is 6. The fourth-order valence-corrected chi connectivity index (χ4v) is 1.36. The zero-order chi connectivity index (χ0) is 12.7. The first-order chi connectivity index (χ1) is 8.13. The molecule has 0 aliphatic carbocycles. The molecule has 0 heterocycles. The first kappa shape index (κ1) is 13.7. The second-order valence-corrected chi connectivity index (χ2v) is 4.42. The van der Waals surface area contributed by atoms with E-state index < -0.39 is 0 Å². The van der Waals surface area contributed by atoms with Crippen molar-refractivity contribution < 1.29 is 14.3 Å². The van der Waals surface area contributed by atoms with E-state index in [4.69, 9.17) is 4.74 Å². The van der Waals surface area contributed by atoms with E-state index in [0.717, 1.165) is 18.6 Å². The Bertz CT molecular complexity index is 341. The third-order valence-electron chi connectivity index (χ3n) is 2.48. The average Bonchev–Trinajstić information content (AvgIpc) is 2.34. The lowest BCUT2D eigenvalue weighted by atomic mass is 10.1. The van der Waals surface area contributed by atoms with Gasteiger partial charge in [0.25, 0.3) is 0 Å². The maximum Gasteiger partial charge on any atom is 0.337 e. The molecule has 0 aromatic heterocycles. The Morgan fingerprint density at radius 1 is 1.24 bits per heavy atom. The normalized spacial score (nSPS) is 10.6. The SMILES string of the molecule is COC(=O)c1ccc(COCCC(C)C)cc1. The van der Waals surface area contributed by atoms with Gasteiger partial charge in [-0.3, -0.25) is 0 Å². The van der Waals surface area contributed by atoms with E-state index in [9.17, 15) is 4.79 Å². The van der Waals surface area contributed by atoms with Crippen LogP contribution in [0, 0.1) is 5.92 Å². The molecule has 0 aliphatic heterocycles. The second-order valence-electron chi connectivity index (χ2n) is 4.42. The van der Waals surface area contributed by atoms with Crippen LogP contribution in [-0.4, -0.2) is 19.7 Å². The van der Waals surface area contributed by atoms with Gasteiger partial charge in [0, 0.05) is 6.61 Å². The van der Waals surface area contributed by atoms with Crippen LogP contribution in [0.25, 0.3) is 0 Å². The van der Waals surface area contributed by atoms with Crippen LogP contribution in [0.1, 0.15) is 36.2 Å². The van der Waals surface area contributed by atoms with Gasteiger partial charge in [-0.2, -0.15) is 0 Å². The monoisotopic (exact) mass is 236 g/mol. The average molecular weight is 236 g/mol. The molecule has 17 heavy (non-hydrogen) atoms. The molecule has 0 radical (unpaired) electrons. The number of esters is 1. The van der Waals surface area contributed by atoms with Crippen LogP contribution < -0.4 is 0 Å². The van der Waals surface area contributed by atoms with Gasteiger partial charge in [-0.25, -0.2) is 4.79 Å². The van der Waals surface area contributed by atoms with E-state index in [2.05, 4.69) is 18.6 Å². The smallest absolute Gasteiger partial charge is 0.337 e. The number of hydrogen-bond acceptors (Lipinski definition) is 3. The molecule has 0 spiro atoms. The standard InChI is InChI=1S/C14H20O3/c1-11(2)8-9-17-10-12-4-6-13(7-5-12)14(15)16-3/h4-7,11H,8-10H2,1-3H3.